The van der Waals surface area contributed by atoms with Gasteiger partial charge in [0.05, 0.1) is 18.4 Å². The van der Waals surface area contributed by atoms with Gasteiger partial charge < -0.3 is 15.0 Å². The summed E-state index contributed by atoms with van der Waals surface area (Å²) in [5, 5.41) is 11.9. The van der Waals surface area contributed by atoms with E-state index in [0.29, 0.717) is 5.56 Å². The first-order chi connectivity index (χ1) is 17.7. The third-order valence-corrected chi connectivity index (χ3v) is 6.98. The lowest BCUT2D eigenvalue weighted by Gasteiger charge is -2.19. The molecule has 37 heavy (non-hydrogen) atoms. The summed E-state index contributed by atoms with van der Waals surface area (Å²) >= 11 is 0. The molecule has 0 unspecified atom stereocenters. The Balaban J connectivity index is 1.40. The molecule has 2 aromatic carbocycles. The molecule has 8 heteroatoms. The van der Waals surface area contributed by atoms with E-state index in [9.17, 15) is 4.79 Å². The second kappa shape index (κ2) is 10.2. The molecule has 0 bridgehead atoms. The average molecular weight is 499 g/mol. The highest BCUT2D eigenvalue weighted by molar-refractivity contribution is 5.96. The van der Waals surface area contributed by atoms with Gasteiger partial charge in [-0.15, -0.1) is 0 Å². The topological polar surface area (TPSA) is 77.2 Å². The summed E-state index contributed by atoms with van der Waals surface area (Å²) in [7, 11) is 5.91. The van der Waals surface area contributed by atoms with Gasteiger partial charge in [-0.25, -0.2) is 0 Å². The normalized spacial score (nSPS) is 16.6. The molecule has 0 spiro atoms. The molecular formula is C29H34N6O2. The minimum Gasteiger partial charge on any atom is -0.489 e. The largest absolute Gasteiger partial charge is 0.489 e. The maximum Gasteiger partial charge on any atom is 0.252 e. The Kier molecular flexibility index (Phi) is 6.84. The fourth-order valence-electron chi connectivity index (χ4n) is 4.84. The first-order valence-electron chi connectivity index (χ1n) is 12.6. The maximum atomic E-state index is 13.4. The van der Waals surface area contributed by atoms with Crippen molar-refractivity contribution in [2.75, 3.05) is 20.1 Å². The van der Waals surface area contributed by atoms with Crippen LogP contribution in [0.2, 0.25) is 0 Å². The highest BCUT2D eigenvalue weighted by atomic mass is 16.5. The number of likely N-dealkylation sites (tertiary alicyclic amines) is 1. The zero-order valence-corrected chi connectivity index (χ0v) is 22.1. The van der Waals surface area contributed by atoms with E-state index in [1.165, 1.54) is 0 Å². The molecule has 1 amide bonds. The van der Waals surface area contributed by atoms with Crippen molar-refractivity contribution in [3.8, 4) is 28.0 Å². The van der Waals surface area contributed by atoms with Gasteiger partial charge in [-0.2, -0.15) is 10.2 Å². The van der Waals surface area contributed by atoms with Crippen molar-refractivity contribution < 1.29 is 9.53 Å². The van der Waals surface area contributed by atoms with E-state index in [1.807, 2.05) is 70.9 Å². The second-order valence-corrected chi connectivity index (χ2v) is 10.1. The number of amides is 1. The number of benzene rings is 2. The van der Waals surface area contributed by atoms with Gasteiger partial charge in [-0.05, 0) is 79.9 Å². The van der Waals surface area contributed by atoms with Gasteiger partial charge in [0.25, 0.3) is 5.91 Å². The van der Waals surface area contributed by atoms with Gasteiger partial charge >= 0.3 is 0 Å². The number of nitrogens with zero attached hydrogens (tertiary/aromatic N) is 5. The molecule has 4 aromatic rings. The van der Waals surface area contributed by atoms with E-state index < -0.39 is 0 Å². The number of hydrogen-bond donors (Lipinski definition) is 1. The van der Waals surface area contributed by atoms with Gasteiger partial charge in [-0.3, -0.25) is 14.2 Å². The number of ether oxygens (including phenoxy) is 1. The number of aryl methyl sites for hydroxylation is 3. The number of carbonyl (C=O) groups excluding carboxylic acids is 1. The molecule has 2 aromatic heterocycles. The molecule has 0 aliphatic carbocycles. The minimum atomic E-state index is -0.216. The van der Waals surface area contributed by atoms with Crippen LogP contribution in [0.1, 0.15) is 40.9 Å². The predicted molar refractivity (Wildman–Crippen MR) is 144 cm³/mol. The Bertz CT molecular complexity index is 1360. The van der Waals surface area contributed by atoms with Crippen LogP contribution in [0, 0.1) is 6.92 Å². The number of aromatic nitrogens is 4. The van der Waals surface area contributed by atoms with Gasteiger partial charge in [-0.1, -0.05) is 6.07 Å². The van der Waals surface area contributed by atoms with Crippen LogP contribution in [-0.4, -0.2) is 56.6 Å². The molecule has 1 aliphatic heterocycles. The van der Waals surface area contributed by atoms with Crippen LogP contribution in [0.5, 0.6) is 5.75 Å². The van der Waals surface area contributed by atoms with E-state index in [4.69, 9.17) is 4.74 Å². The number of nitrogens with one attached hydrogen (secondary N) is 1. The number of rotatable bonds is 7. The fourth-order valence-corrected chi connectivity index (χ4v) is 4.84. The Morgan fingerprint density at radius 1 is 0.973 bits per heavy atom. The summed E-state index contributed by atoms with van der Waals surface area (Å²) in [6.07, 6.45) is 8.84. The van der Waals surface area contributed by atoms with E-state index in [1.54, 1.807) is 9.36 Å². The molecule has 3 heterocycles. The highest BCUT2D eigenvalue weighted by Gasteiger charge is 2.22. The van der Waals surface area contributed by atoms with Crippen molar-refractivity contribution in [1.29, 1.82) is 0 Å². The molecule has 1 fully saturated rings. The van der Waals surface area contributed by atoms with Crippen molar-refractivity contribution >= 4 is 5.91 Å². The lowest BCUT2D eigenvalue weighted by Crippen LogP contribution is -2.27. The van der Waals surface area contributed by atoms with E-state index in [2.05, 4.69) is 45.7 Å². The minimum absolute atomic E-state index is 0.117. The molecule has 1 aliphatic rings. The zero-order chi connectivity index (χ0) is 26.1. The van der Waals surface area contributed by atoms with E-state index in [0.717, 1.165) is 58.6 Å². The molecule has 192 valence electrons. The standard InChI is InChI=1S/C29H34N6O2/c1-19-6-7-26(37-27-8-9-33(3)18-27)13-28(19)29(36)32-20(2)21-10-22(24-14-30-34(4)16-24)12-23(11-21)25-15-31-35(5)17-25/h6-7,10-17,20,27H,8-9,18H2,1-5H3,(H,32,36)/t20-,27-/m1/s1. The summed E-state index contributed by atoms with van der Waals surface area (Å²) in [5.41, 5.74) is 6.68. The first kappa shape index (κ1) is 24.8. The van der Waals surface area contributed by atoms with Gasteiger partial charge in [0.2, 0.25) is 0 Å². The smallest absolute Gasteiger partial charge is 0.252 e. The summed E-state index contributed by atoms with van der Waals surface area (Å²) in [4.78, 5) is 15.7. The van der Waals surface area contributed by atoms with Crippen LogP contribution in [0.4, 0.5) is 0 Å². The van der Waals surface area contributed by atoms with E-state index >= 15 is 0 Å². The van der Waals surface area contributed by atoms with Crippen molar-refractivity contribution in [3.05, 3.63) is 77.9 Å². The van der Waals surface area contributed by atoms with Crippen molar-refractivity contribution in [1.82, 2.24) is 29.8 Å². The molecular weight excluding hydrogens is 464 g/mol. The van der Waals surface area contributed by atoms with Crippen LogP contribution in [0.3, 0.4) is 0 Å². The third-order valence-electron chi connectivity index (χ3n) is 6.98. The molecule has 1 N–H and O–H groups in total. The summed E-state index contributed by atoms with van der Waals surface area (Å²) in [6.45, 7) is 5.90. The first-order valence-corrected chi connectivity index (χ1v) is 12.6. The van der Waals surface area contributed by atoms with Crippen LogP contribution in [0.25, 0.3) is 22.3 Å². The van der Waals surface area contributed by atoms with E-state index in [-0.39, 0.29) is 18.1 Å². The van der Waals surface area contributed by atoms with Crippen molar-refractivity contribution in [3.63, 3.8) is 0 Å². The van der Waals surface area contributed by atoms with Crippen LogP contribution in [0.15, 0.2) is 61.2 Å². The Hall–Kier alpha value is -3.91. The Morgan fingerprint density at radius 2 is 1.62 bits per heavy atom. The molecule has 5 rings (SSSR count). The van der Waals surface area contributed by atoms with Crippen LogP contribution in [-0.2, 0) is 14.1 Å². The fraction of sp³-hybridized carbons (Fsp3) is 0.345. The van der Waals surface area contributed by atoms with Crippen LogP contribution < -0.4 is 10.1 Å². The molecule has 1 saturated heterocycles. The molecule has 2 atom stereocenters. The quantitative estimate of drug-likeness (QED) is 0.410. The molecule has 0 saturated carbocycles. The van der Waals surface area contributed by atoms with Crippen molar-refractivity contribution in [2.24, 2.45) is 14.1 Å². The molecule has 0 radical (unpaired) electrons. The number of likely N-dealkylation sites (N-methyl/N-ethyl adjacent to an activating group) is 1. The summed E-state index contributed by atoms with van der Waals surface area (Å²) in [6, 6.07) is 11.9. The SMILES string of the molecule is Cc1ccc(O[C@@H]2CCN(C)C2)cc1C(=O)N[C@H](C)c1cc(-c2cnn(C)c2)cc(-c2cnn(C)c2)c1. The molecule has 8 nitrogen and oxygen atoms in total. The number of hydrogen-bond acceptors (Lipinski definition) is 5. The average Bonchev–Trinajstić information content (AvgIpc) is 3.61. The second-order valence-electron chi connectivity index (χ2n) is 10.1. The highest BCUT2D eigenvalue weighted by Crippen LogP contribution is 2.31. The summed E-state index contributed by atoms with van der Waals surface area (Å²) < 4.78 is 9.76. The zero-order valence-electron chi connectivity index (χ0n) is 22.1. The third kappa shape index (κ3) is 5.59. The van der Waals surface area contributed by atoms with Crippen LogP contribution >= 0.6 is 0 Å². The van der Waals surface area contributed by atoms with Crippen molar-refractivity contribution in [2.45, 2.75) is 32.4 Å². The van der Waals surface area contributed by atoms with Gasteiger partial charge in [0.1, 0.15) is 11.9 Å². The van der Waals surface area contributed by atoms with Gasteiger partial charge in [0.15, 0.2) is 0 Å². The lowest BCUT2D eigenvalue weighted by molar-refractivity contribution is 0.0938. The lowest BCUT2D eigenvalue weighted by atomic mass is 9.96. The predicted octanol–water partition coefficient (Wildman–Crippen LogP) is 4.37. The monoisotopic (exact) mass is 498 g/mol. The number of carbonyl (C=O) groups is 1. The summed E-state index contributed by atoms with van der Waals surface area (Å²) in [5.74, 6) is 0.620. The van der Waals surface area contributed by atoms with Gasteiger partial charge in [0, 0.05) is 56.3 Å². The Labute approximate surface area is 217 Å². The Morgan fingerprint density at radius 3 is 2.16 bits per heavy atom. The maximum absolute atomic E-state index is 13.4.